The Hall–Kier alpha value is -0.313. The first-order chi connectivity index (χ1) is 5.55. The minimum Gasteiger partial charge on any atom is -0.528 e. The molecule has 0 N–H and O–H groups in total. The number of carbonyl (C=O) groups excluding carboxylic acids is 1. The Balaban J connectivity index is 4.69. The molecule has 0 amide bonds. The Labute approximate surface area is 78.2 Å². The van der Waals surface area contributed by atoms with Crippen LogP contribution in [0.4, 0.5) is 0 Å². The van der Waals surface area contributed by atoms with E-state index < -0.39 is 0 Å². The normalized spacial score (nSPS) is 12.1. The minimum absolute atomic E-state index is 0.00540. The molecule has 0 saturated heterocycles. The molecule has 2 nitrogen and oxygen atoms in total. The van der Waals surface area contributed by atoms with Gasteiger partial charge in [0.2, 0.25) is 10.5 Å². The van der Waals surface area contributed by atoms with Gasteiger partial charge in [-0.2, -0.15) is 0 Å². The fourth-order valence-electron chi connectivity index (χ4n) is 1.79. The zero-order chi connectivity index (χ0) is 9.78. The Morgan fingerprint density at radius 1 is 1.42 bits per heavy atom. The Kier molecular flexibility index (Phi) is 4.53. The van der Waals surface area contributed by atoms with Gasteiger partial charge in [0.05, 0.1) is 5.41 Å². The maximum atomic E-state index is 11.6. The van der Waals surface area contributed by atoms with E-state index in [1.807, 2.05) is 0 Å². The molecule has 0 aromatic carbocycles. The van der Waals surface area contributed by atoms with E-state index >= 15 is 0 Å². The van der Waals surface area contributed by atoms with Crippen LogP contribution in [-0.4, -0.2) is 16.5 Å². The van der Waals surface area contributed by atoms with Crippen molar-refractivity contribution in [3.8, 4) is 0 Å². The molecule has 0 fully saturated rings. The largest absolute Gasteiger partial charge is 0.528 e. The predicted octanol–water partition coefficient (Wildman–Crippen LogP) is 1.27. The molecule has 0 aliphatic carbocycles. The maximum Gasteiger partial charge on any atom is 0.298 e. The van der Waals surface area contributed by atoms with Gasteiger partial charge in [-0.3, -0.25) is 4.79 Å². The molecule has 0 unspecified atom stereocenters. The van der Waals surface area contributed by atoms with Crippen molar-refractivity contribution in [1.82, 2.24) is 0 Å². The Morgan fingerprint density at radius 3 is 1.92 bits per heavy atom. The summed E-state index contributed by atoms with van der Waals surface area (Å²) < 4.78 is 4.96. The Bertz CT molecular complexity index is 151. The fraction of sp³-hybridized carbons (Fsp3) is 0.889. The van der Waals surface area contributed by atoms with Gasteiger partial charge in [-0.1, -0.05) is 27.7 Å². The van der Waals surface area contributed by atoms with Gasteiger partial charge >= 0.3 is 0 Å². The standard InChI is InChI=1S/C9H20O2Si/c1-5-9(6-2,7(3)4)8(10)11-12/h7H,5-6H2,1-4,12H3. The molecule has 0 aromatic heterocycles. The average Bonchev–Trinajstić information content (AvgIpc) is 2.06. The van der Waals surface area contributed by atoms with E-state index in [1.54, 1.807) is 0 Å². The summed E-state index contributed by atoms with van der Waals surface area (Å²) in [6.45, 7) is 8.29. The molecule has 0 radical (unpaired) electrons. The fourth-order valence-corrected chi connectivity index (χ4v) is 2.20. The van der Waals surface area contributed by atoms with Crippen LogP contribution in [-0.2, 0) is 9.22 Å². The molecule has 0 bridgehead atoms. The van der Waals surface area contributed by atoms with E-state index in [1.165, 1.54) is 0 Å². The molecule has 0 aliphatic heterocycles. The van der Waals surface area contributed by atoms with Crippen LogP contribution in [0.1, 0.15) is 40.5 Å². The number of hydrogen-bond donors (Lipinski definition) is 0. The average molecular weight is 188 g/mol. The lowest BCUT2D eigenvalue weighted by atomic mass is 9.73. The van der Waals surface area contributed by atoms with Crippen LogP contribution < -0.4 is 0 Å². The summed E-state index contributed by atoms with van der Waals surface area (Å²) in [5, 5.41) is 0. The number of carbonyl (C=O) groups is 1. The molecule has 0 aliphatic rings. The first kappa shape index (κ1) is 11.7. The van der Waals surface area contributed by atoms with Crippen molar-refractivity contribution >= 4 is 16.5 Å². The third-order valence-corrected chi connectivity index (χ3v) is 3.33. The lowest BCUT2D eigenvalue weighted by molar-refractivity contribution is -0.149. The summed E-state index contributed by atoms with van der Waals surface area (Å²) >= 11 is 0. The van der Waals surface area contributed by atoms with Gasteiger partial charge in [0.1, 0.15) is 0 Å². The van der Waals surface area contributed by atoms with E-state index in [2.05, 4.69) is 27.7 Å². The predicted molar refractivity (Wildman–Crippen MR) is 53.9 cm³/mol. The molecule has 0 saturated carbocycles. The highest BCUT2D eigenvalue weighted by atomic mass is 28.2. The molecule has 0 spiro atoms. The van der Waals surface area contributed by atoms with Gasteiger partial charge in [0, 0.05) is 0 Å². The van der Waals surface area contributed by atoms with Gasteiger partial charge in [-0.25, -0.2) is 0 Å². The molecular formula is C9H20O2Si. The van der Waals surface area contributed by atoms with Crippen LogP contribution in [0, 0.1) is 11.3 Å². The van der Waals surface area contributed by atoms with Crippen LogP contribution >= 0.6 is 0 Å². The zero-order valence-corrected chi connectivity index (χ0v) is 10.8. The molecule has 0 aromatic rings. The maximum absolute atomic E-state index is 11.6. The zero-order valence-electron chi connectivity index (χ0n) is 8.81. The third kappa shape index (κ3) is 1.89. The van der Waals surface area contributed by atoms with E-state index in [0.717, 1.165) is 12.8 Å². The van der Waals surface area contributed by atoms with Gasteiger partial charge in [0.15, 0.2) is 0 Å². The van der Waals surface area contributed by atoms with Gasteiger partial charge < -0.3 is 4.43 Å². The lowest BCUT2D eigenvalue weighted by Gasteiger charge is -2.32. The Morgan fingerprint density at radius 2 is 1.83 bits per heavy atom. The van der Waals surface area contributed by atoms with Crippen molar-refractivity contribution < 1.29 is 9.22 Å². The highest BCUT2D eigenvalue weighted by Crippen LogP contribution is 2.36. The van der Waals surface area contributed by atoms with Gasteiger partial charge in [-0.05, 0) is 18.8 Å². The van der Waals surface area contributed by atoms with E-state index in [-0.39, 0.29) is 11.4 Å². The van der Waals surface area contributed by atoms with E-state index in [9.17, 15) is 4.79 Å². The highest BCUT2D eigenvalue weighted by Gasteiger charge is 2.38. The minimum atomic E-state index is -0.234. The van der Waals surface area contributed by atoms with Crippen molar-refractivity contribution in [3.63, 3.8) is 0 Å². The molecular weight excluding hydrogens is 168 g/mol. The molecule has 3 heteroatoms. The first-order valence-electron chi connectivity index (χ1n) is 4.63. The number of rotatable bonds is 4. The molecule has 12 heavy (non-hydrogen) atoms. The SMILES string of the molecule is CCC(CC)(C(=O)O[SiH3])C(C)C. The van der Waals surface area contributed by atoms with Gasteiger partial charge in [-0.15, -0.1) is 0 Å². The summed E-state index contributed by atoms with van der Waals surface area (Å²) in [5.41, 5.74) is -0.234. The summed E-state index contributed by atoms with van der Waals surface area (Å²) in [5.74, 6) is 0.364. The second kappa shape index (κ2) is 4.65. The lowest BCUT2D eigenvalue weighted by Crippen LogP contribution is -2.36. The highest BCUT2D eigenvalue weighted by molar-refractivity contribution is 6.06. The molecule has 72 valence electrons. The van der Waals surface area contributed by atoms with Crippen LogP contribution in [0.15, 0.2) is 0 Å². The van der Waals surface area contributed by atoms with Crippen LogP contribution in [0.5, 0.6) is 0 Å². The van der Waals surface area contributed by atoms with Crippen molar-refractivity contribution in [2.75, 3.05) is 0 Å². The van der Waals surface area contributed by atoms with Crippen molar-refractivity contribution in [2.24, 2.45) is 11.3 Å². The summed E-state index contributed by atoms with van der Waals surface area (Å²) in [6.07, 6.45) is 1.75. The monoisotopic (exact) mass is 188 g/mol. The van der Waals surface area contributed by atoms with Crippen molar-refractivity contribution in [1.29, 1.82) is 0 Å². The van der Waals surface area contributed by atoms with Crippen LogP contribution in [0.25, 0.3) is 0 Å². The van der Waals surface area contributed by atoms with Crippen molar-refractivity contribution in [3.05, 3.63) is 0 Å². The molecule has 0 rings (SSSR count). The second-order valence-electron chi connectivity index (χ2n) is 3.51. The quantitative estimate of drug-likeness (QED) is 0.621. The first-order valence-corrected chi connectivity index (χ1v) is 5.45. The summed E-state index contributed by atoms with van der Waals surface area (Å²) in [6, 6.07) is 0. The van der Waals surface area contributed by atoms with E-state index in [4.69, 9.17) is 4.43 Å². The smallest absolute Gasteiger partial charge is 0.298 e. The van der Waals surface area contributed by atoms with Crippen LogP contribution in [0.2, 0.25) is 0 Å². The molecule has 0 atom stereocenters. The topological polar surface area (TPSA) is 26.3 Å². The second-order valence-corrected chi connectivity index (χ2v) is 3.92. The van der Waals surface area contributed by atoms with Crippen LogP contribution in [0.3, 0.4) is 0 Å². The third-order valence-electron chi connectivity index (χ3n) is 2.96. The summed E-state index contributed by atoms with van der Waals surface area (Å²) in [7, 11) is 0.509. The van der Waals surface area contributed by atoms with Crippen molar-refractivity contribution in [2.45, 2.75) is 40.5 Å². The van der Waals surface area contributed by atoms with Gasteiger partial charge in [0.25, 0.3) is 5.97 Å². The summed E-state index contributed by atoms with van der Waals surface area (Å²) in [4.78, 5) is 11.6. The van der Waals surface area contributed by atoms with E-state index in [0.29, 0.717) is 16.4 Å². The number of hydrogen-bond acceptors (Lipinski definition) is 2. The molecule has 0 heterocycles.